The fourth-order valence-electron chi connectivity index (χ4n) is 1.59. The summed E-state index contributed by atoms with van der Waals surface area (Å²) in [6, 6.07) is 0. The summed E-state index contributed by atoms with van der Waals surface area (Å²) in [5.41, 5.74) is 0. The highest BCUT2D eigenvalue weighted by molar-refractivity contribution is 5.67. The number of carboxylic acids is 1. The van der Waals surface area contributed by atoms with E-state index in [-0.39, 0.29) is 18.8 Å². The third-order valence-corrected chi connectivity index (χ3v) is 2.36. The molecule has 0 aromatic rings. The summed E-state index contributed by atoms with van der Waals surface area (Å²) in [6.07, 6.45) is 0.00576. The minimum absolute atomic E-state index is 0.146. The number of nitrogens with zero attached hydrogens (tertiary/aromatic N) is 1. The van der Waals surface area contributed by atoms with Crippen LogP contribution in [0.25, 0.3) is 0 Å². The van der Waals surface area contributed by atoms with Crippen LogP contribution in [0.5, 0.6) is 0 Å². The van der Waals surface area contributed by atoms with E-state index in [1.165, 1.54) is 0 Å². The van der Waals surface area contributed by atoms with Gasteiger partial charge in [-0.1, -0.05) is 0 Å². The number of carboxylic acid groups (broad SMARTS) is 1. The van der Waals surface area contributed by atoms with Crippen molar-refractivity contribution in [1.82, 2.24) is 4.90 Å². The molecule has 3 nitrogen and oxygen atoms in total. The molecule has 0 aromatic heterocycles. The summed E-state index contributed by atoms with van der Waals surface area (Å²) in [4.78, 5) is 12.2. The normalized spacial score (nSPS) is 19.4. The van der Waals surface area contributed by atoms with Gasteiger partial charge in [0.25, 0.3) is 0 Å². The molecule has 0 radical (unpaired) electrons. The van der Waals surface area contributed by atoms with Crippen LogP contribution >= 0.6 is 0 Å². The maximum Gasteiger partial charge on any atom is 0.303 e. The standard InChI is InChI=1S/C9H15F2NO2/c1-9(10,11)2-3-12-5-7(6-12)4-8(13)14/h7H,2-6H2,1H3,(H,13,14). The number of hydrogen-bond acceptors (Lipinski definition) is 2. The van der Waals surface area contributed by atoms with Gasteiger partial charge in [0.05, 0.1) is 6.42 Å². The smallest absolute Gasteiger partial charge is 0.303 e. The predicted molar refractivity (Wildman–Crippen MR) is 47.4 cm³/mol. The first-order chi connectivity index (χ1) is 6.37. The molecule has 1 N–H and O–H groups in total. The first-order valence-electron chi connectivity index (χ1n) is 4.69. The van der Waals surface area contributed by atoms with Crippen LogP contribution in [-0.4, -0.2) is 41.5 Å². The van der Waals surface area contributed by atoms with E-state index in [1.807, 2.05) is 4.90 Å². The van der Waals surface area contributed by atoms with Crippen molar-refractivity contribution in [3.8, 4) is 0 Å². The number of hydrogen-bond donors (Lipinski definition) is 1. The zero-order valence-electron chi connectivity index (χ0n) is 8.17. The number of rotatable bonds is 5. The average Bonchev–Trinajstić information content (AvgIpc) is 1.90. The first kappa shape index (κ1) is 11.4. The molecule has 0 aliphatic carbocycles. The molecule has 1 heterocycles. The summed E-state index contributed by atoms with van der Waals surface area (Å²) >= 11 is 0. The van der Waals surface area contributed by atoms with Crippen LogP contribution in [0.4, 0.5) is 8.78 Å². The first-order valence-corrected chi connectivity index (χ1v) is 4.69. The van der Waals surface area contributed by atoms with Crippen LogP contribution in [0, 0.1) is 5.92 Å². The number of alkyl halides is 2. The molecule has 1 fully saturated rings. The molecular weight excluding hydrogens is 192 g/mol. The second-order valence-electron chi connectivity index (χ2n) is 4.04. The third-order valence-electron chi connectivity index (χ3n) is 2.36. The van der Waals surface area contributed by atoms with E-state index in [4.69, 9.17) is 5.11 Å². The molecule has 1 saturated heterocycles. The van der Waals surface area contributed by atoms with Crippen LogP contribution < -0.4 is 0 Å². The minimum Gasteiger partial charge on any atom is -0.481 e. The molecule has 5 heteroatoms. The molecule has 0 unspecified atom stereocenters. The van der Waals surface area contributed by atoms with E-state index >= 15 is 0 Å². The molecule has 0 bridgehead atoms. The third kappa shape index (κ3) is 4.00. The molecule has 0 saturated carbocycles. The SMILES string of the molecule is CC(F)(F)CCN1CC(CC(=O)O)C1. The second-order valence-corrected chi connectivity index (χ2v) is 4.04. The van der Waals surface area contributed by atoms with Gasteiger partial charge in [-0.15, -0.1) is 0 Å². The van der Waals surface area contributed by atoms with Gasteiger partial charge in [0.2, 0.25) is 5.92 Å². The molecular formula is C9H15F2NO2. The zero-order valence-corrected chi connectivity index (χ0v) is 8.17. The van der Waals surface area contributed by atoms with E-state index in [2.05, 4.69) is 0 Å². The molecule has 1 aliphatic rings. The van der Waals surface area contributed by atoms with Crippen molar-refractivity contribution in [2.45, 2.75) is 25.7 Å². The van der Waals surface area contributed by atoms with Gasteiger partial charge in [-0.05, 0) is 12.8 Å². The number of aliphatic carboxylic acids is 1. The fourth-order valence-corrected chi connectivity index (χ4v) is 1.59. The number of likely N-dealkylation sites (tertiary alicyclic amines) is 1. The summed E-state index contributed by atoms with van der Waals surface area (Å²) in [5, 5.41) is 8.46. The molecule has 1 aliphatic heterocycles. The van der Waals surface area contributed by atoms with E-state index < -0.39 is 11.9 Å². The van der Waals surface area contributed by atoms with Gasteiger partial charge >= 0.3 is 5.97 Å². The Kier molecular flexibility index (Phi) is 3.42. The summed E-state index contributed by atoms with van der Waals surface area (Å²) in [6.45, 7) is 2.55. The van der Waals surface area contributed by atoms with Crippen LogP contribution in [0.1, 0.15) is 19.8 Å². The quantitative estimate of drug-likeness (QED) is 0.741. The molecule has 0 amide bonds. The van der Waals surface area contributed by atoms with Crippen LogP contribution in [0.2, 0.25) is 0 Å². The van der Waals surface area contributed by atoms with Gasteiger partial charge in [-0.2, -0.15) is 0 Å². The maximum atomic E-state index is 12.4. The molecule has 0 atom stereocenters. The molecule has 1 rings (SSSR count). The summed E-state index contributed by atoms with van der Waals surface area (Å²) < 4.78 is 24.9. The van der Waals surface area contributed by atoms with E-state index in [0.717, 1.165) is 6.92 Å². The van der Waals surface area contributed by atoms with Crippen molar-refractivity contribution in [1.29, 1.82) is 0 Å². The van der Waals surface area contributed by atoms with Gasteiger partial charge in [-0.25, -0.2) is 8.78 Å². The average molecular weight is 207 g/mol. The Hall–Kier alpha value is -0.710. The Labute approximate surface area is 81.7 Å². The van der Waals surface area contributed by atoms with Crippen LogP contribution in [0.15, 0.2) is 0 Å². The summed E-state index contributed by atoms with van der Waals surface area (Å²) in [7, 11) is 0. The zero-order chi connectivity index (χ0) is 10.8. The lowest BCUT2D eigenvalue weighted by Crippen LogP contribution is -2.48. The van der Waals surface area contributed by atoms with Crippen LogP contribution in [0.3, 0.4) is 0 Å². The topological polar surface area (TPSA) is 40.5 Å². The van der Waals surface area contributed by atoms with Crippen molar-refractivity contribution in [3.05, 3.63) is 0 Å². The highest BCUT2D eigenvalue weighted by Gasteiger charge is 2.30. The molecule has 0 spiro atoms. The van der Waals surface area contributed by atoms with Gasteiger partial charge in [0.15, 0.2) is 0 Å². The Bertz CT molecular complexity index is 209. The highest BCUT2D eigenvalue weighted by atomic mass is 19.3. The van der Waals surface area contributed by atoms with E-state index in [1.54, 1.807) is 0 Å². The van der Waals surface area contributed by atoms with E-state index in [9.17, 15) is 13.6 Å². The summed E-state index contributed by atoms with van der Waals surface area (Å²) in [5.74, 6) is -3.27. The number of carbonyl (C=O) groups is 1. The van der Waals surface area contributed by atoms with Crippen molar-refractivity contribution < 1.29 is 18.7 Å². The van der Waals surface area contributed by atoms with Gasteiger partial charge in [0.1, 0.15) is 0 Å². The number of halogens is 2. The maximum absolute atomic E-state index is 12.4. The Morgan fingerprint density at radius 2 is 2.14 bits per heavy atom. The largest absolute Gasteiger partial charge is 0.481 e. The van der Waals surface area contributed by atoms with E-state index in [0.29, 0.717) is 19.6 Å². The van der Waals surface area contributed by atoms with Gasteiger partial charge in [-0.3, -0.25) is 4.79 Å². The Morgan fingerprint density at radius 3 is 2.57 bits per heavy atom. The molecule has 14 heavy (non-hydrogen) atoms. The van der Waals surface area contributed by atoms with Gasteiger partial charge in [0, 0.05) is 26.1 Å². The molecule has 82 valence electrons. The monoisotopic (exact) mass is 207 g/mol. The Balaban J connectivity index is 2.07. The molecule has 0 aromatic carbocycles. The lowest BCUT2D eigenvalue weighted by Gasteiger charge is -2.39. The van der Waals surface area contributed by atoms with Crippen LogP contribution in [-0.2, 0) is 4.79 Å². The lowest BCUT2D eigenvalue weighted by atomic mass is 9.96. The predicted octanol–water partition coefficient (Wildman–Crippen LogP) is 1.44. The lowest BCUT2D eigenvalue weighted by molar-refractivity contribution is -0.139. The van der Waals surface area contributed by atoms with Crippen molar-refractivity contribution >= 4 is 5.97 Å². The minimum atomic E-state index is -2.61. The van der Waals surface area contributed by atoms with Crippen molar-refractivity contribution in [2.24, 2.45) is 5.92 Å². The fraction of sp³-hybridized carbons (Fsp3) is 0.889. The Morgan fingerprint density at radius 1 is 1.57 bits per heavy atom. The second kappa shape index (κ2) is 4.21. The highest BCUT2D eigenvalue weighted by Crippen LogP contribution is 2.23. The van der Waals surface area contributed by atoms with Crippen molar-refractivity contribution in [2.75, 3.05) is 19.6 Å². The van der Waals surface area contributed by atoms with Gasteiger partial charge < -0.3 is 10.0 Å². The van der Waals surface area contributed by atoms with Crippen molar-refractivity contribution in [3.63, 3.8) is 0 Å².